The fourth-order valence-corrected chi connectivity index (χ4v) is 7.89. The summed E-state index contributed by atoms with van der Waals surface area (Å²) in [7, 11) is 0. The van der Waals surface area contributed by atoms with Gasteiger partial charge in [-0.2, -0.15) is 0 Å². The fraction of sp³-hybridized carbons (Fsp3) is 0.864. The van der Waals surface area contributed by atoms with Crippen LogP contribution < -0.4 is 0 Å². The highest BCUT2D eigenvalue weighted by Crippen LogP contribution is 2.67. The van der Waals surface area contributed by atoms with Crippen LogP contribution in [0.3, 0.4) is 0 Å². The highest BCUT2D eigenvalue weighted by Gasteiger charge is 2.66. The molecule has 0 aromatic carbocycles. The Bertz CT molecular complexity index is 674. The Hall–Kier alpha value is -0.710. The van der Waals surface area contributed by atoms with Crippen LogP contribution in [0.1, 0.15) is 65.7 Å². The van der Waals surface area contributed by atoms with Crippen LogP contribution in [0.15, 0.2) is 11.6 Å². The van der Waals surface area contributed by atoms with Crippen LogP contribution in [0.2, 0.25) is 0 Å². The second-order valence-electron chi connectivity index (χ2n) is 10.3. The van der Waals surface area contributed by atoms with Gasteiger partial charge in [-0.25, -0.2) is 0 Å². The number of carbonyl (C=O) groups is 1. The number of hydrogen-bond donors (Lipinski definition) is 1. The molecule has 0 amide bonds. The van der Waals surface area contributed by atoms with Gasteiger partial charge >= 0.3 is 0 Å². The Labute approximate surface area is 156 Å². The molecule has 26 heavy (non-hydrogen) atoms. The number of ether oxygens (including phenoxy) is 2. The van der Waals surface area contributed by atoms with Crippen molar-refractivity contribution in [1.82, 2.24) is 0 Å². The second kappa shape index (κ2) is 5.21. The number of rotatable bonds is 0. The molecule has 0 aromatic heterocycles. The summed E-state index contributed by atoms with van der Waals surface area (Å²) in [4.78, 5) is 12.7. The van der Waals surface area contributed by atoms with Gasteiger partial charge < -0.3 is 14.6 Å². The topological polar surface area (TPSA) is 55.8 Å². The lowest BCUT2D eigenvalue weighted by atomic mass is 9.44. The van der Waals surface area contributed by atoms with Crippen LogP contribution in [0.5, 0.6) is 0 Å². The largest absolute Gasteiger partial charge is 0.390 e. The normalized spacial score (nSPS) is 52.4. The summed E-state index contributed by atoms with van der Waals surface area (Å²) in [5.74, 6) is 0.999. The first kappa shape index (κ1) is 17.4. The molecule has 6 unspecified atom stereocenters. The molecule has 6 atom stereocenters. The Morgan fingerprint density at radius 1 is 1.12 bits per heavy atom. The van der Waals surface area contributed by atoms with Crippen molar-refractivity contribution in [2.24, 2.45) is 28.6 Å². The van der Waals surface area contributed by atoms with E-state index >= 15 is 0 Å². The van der Waals surface area contributed by atoms with E-state index in [-0.39, 0.29) is 16.7 Å². The van der Waals surface area contributed by atoms with Crippen LogP contribution >= 0.6 is 0 Å². The Balaban J connectivity index is 1.55. The summed E-state index contributed by atoms with van der Waals surface area (Å²) in [5.41, 5.74) is 0.270. The zero-order valence-corrected chi connectivity index (χ0v) is 16.3. The molecule has 1 N–H and O–H groups in total. The lowest BCUT2D eigenvalue weighted by Crippen LogP contribution is -2.62. The van der Waals surface area contributed by atoms with Gasteiger partial charge in [0.15, 0.2) is 5.79 Å². The van der Waals surface area contributed by atoms with E-state index < -0.39 is 11.4 Å². The maximum absolute atomic E-state index is 12.7. The molecule has 4 heteroatoms. The number of aliphatic hydroxyl groups is 1. The molecule has 1 heterocycles. The van der Waals surface area contributed by atoms with E-state index in [1.165, 1.54) is 5.57 Å². The molecule has 0 aromatic rings. The third kappa shape index (κ3) is 2.10. The molecule has 0 radical (unpaired) electrons. The molecule has 4 nitrogen and oxygen atoms in total. The Morgan fingerprint density at radius 2 is 1.85 bits per heavy atom. The van der Waals surface area contributed by atoms with Crippen LogP contribution in [-0.2, 0) is 14.3 Å². The van der Waals surface area contributed by atoms with E-state index in [1.54, 1.807) is 0 Å². The van der Waals surface area contributed by atoms with Gasteiger partial charge in [-0.1, -0.05) is 25.5 Å². The lowest BCUT2D eigenvalue weighted by molar-refractivity contribution is -0.207. The SMILES string of the molecule is CC1(O)CC2(C)C(=O)CCC2C2CC=C3CC4(CCC3(C)C21)OCCO4. The van der Waals surface area contributed by atoms with E-state index in [1.807, 2.05) is 6.92 Å². The Morgan fingerprint density at radius 3 is 2.58 bits per heavy atom. The minimum Gasteiger partial charge on any atom is -0.390 e. The maximum atomic E-state index is 12.7. The number of fused-ring (bicyclic) bond motifs is 5. The summed E-state index contributed by atoms with van der Waals surface area (Å²) < 4.78 is 12.0. The molecule has 1 saturated heterocycles. The third-order valence-electron chi connectivity index (χ3n) is 8.83. The van der Waals surface area contributed by atoms with Crippen molar-refractivity contribution in [3.05, 3.63) is 11.6 Å². The van der Waals surface area contributed by atoms with Crippen LogP contribution in [0.4, 0.5) is 0 Å². The van der Waals surface area contributed by atoms with Gasteiger partial charge in [-0.3, -0.25) is 4.79 Å². The minimum absolute atomic E-state index is 0.0139. The van der Waals surface area contributed by atoms with E-state index in [0.717, 1.165) is 32.1 Å². The van der Waals surface area contributed by atoms with Gasteiger partial charge in [0.25, 0.3) is 0 Å². The van der Waals surface area contributed by atoms with E-state index in [0.29, 0.717) is 43.7 Å². The summed E-state index contributed by atoms with van der Waals surface area (Å²) in [5, 5.41) is 11.6. The first-order valence-electron chi connectivity index (χ1n) is 10.4. The van der Waals surface area contributed by atoms with Crippen molar-refractivity contribution in [2.45, 2.75) is 77.1 Å². The monoisotopic (exact) mass is 360 g/mol. The highest BCUT2D eigenvalue weighted by atomic mass is 16.7. The number of Topliss-reactive ketones (excluding diaryl/α,β-unsaturated/α-hetero) is 1. The zero-order chi connectivity index (χ0) is 18.4. The highest BCUT2D eigenvalue weighted by molar-refractivity contribution is 5.87. The maximum Gasteiger partial charge on any atom is 0.172 e. The average molecular weight is 360 g/mol. The molecule has 144 valence electrons. The summed E-state index contributed by atoms with van der Waals surface area (Å²) in [6.45, 7) is 7.85. The van der Waals surface area contributed by atoms with Crippen molar-refractivity contribution in [3.63, 3.8) is 0 Å². The van der Waals surface area contributed by atoms with Crippen molar-refractivity contribution >= 4 is 5.78 Å². The molecule has 5 rings (SSSR count). The summed E-state index contributed by atoms with van der Waals surface area (Å²) in [6, 6.07) is 0. The average Bonchev–Trinajstić information content (AvgIpc) is 3.13. The molecule has 1 aliphatic heterocycles. The molecule has 5 aliphatic rings. The molecule has 1 spiro atoms. The van der Waals surface area contributed by atoms with Gasteiger partial charge in [0.1, 0.15) is 5.78 Å². The van der Waals surface area contributed by atoms with Crippen LogP contribution in [0, 0.1) is 28.6 Å². The predicted octanol–water partition coefficient (Wildman–Crippen LogP) is 3.62. The Kier molecular flexibility index (Phi) is 3.48. The van der Waals surface area contributed by atoms with Crippen molar-refractivity contribution < 1.29 is 19.4 Å². The molecule has 4 fully saturated rings. The summed E-state index contributed by atoms with van der Waals surface area (Å²) in [6.07, 6.45) is 8.44. The van der Waals surface area contributed by atoms with Crippen LogP contribution in [0.25, 0.3) is 0 Å². The minimum atomic E-state index is -0.800. The number of allylic oxidation sites excluding steroid dienone is 1. The van der Waals surface area contributed by atoms with Crippen LogP contribution in [-0.4, -0.2) is 35.5 Å². The third-order valence-corrected chi connectivity index (χ3v) is 8.83. The van der Waals surface area contributed by atoms with Gasteiger partial charge in [0.05, 0.1) is 18.8 Å². The van der Waals surface area contributed by atoms with E-state index in [4.69, 9.17) is 9.47 Å². The first-order valence-corrected chi connectivity index (χ1v) is 10.4. The summed E-state index contributed by atoms with van der Waals surface area (Å²) >= 11 is 0. The van der Waals surface area contributed by atoms with Gasteiger partial charge in [0, 0.05) is 24.7 Å². The molecular formula is C22H32O4. The quantitative estimate of drug-likeness (QED) is 0.670. The number of ketones is 1. The lowest BCUT2D eigenvalue weighted by Gasteiger charge is -2.62. The van der Waals surface area contributed by atoms with Crippen molar-refractivity contribution in [3.8, 4) is 0 Å². The van der Waals surface area contributed by atoms with Gasteiger partial charge in [-0.15, -0.1) is 0 Å². The van der Waals surface area contributed by atoms with E-state index in [9.17, 15) is 9.90 Å². The van der Waals surface area contributed by atoms with Gasteiger partial charge in [-0.05, 0) is 55.8 Å². The van der Waals surface area contributed by atoms with E-state index in [2.05, 4.69) is 19.9 Å². The smallest absolute Gasteiger partial charge is 0.172 e. The zero-order valence-electron chi connectivity index (χ0n) is 16.3. The first-order chi connectivity index (χ1) is 12.2. The number of carbonyl (C=O) groups excluding carboxylic acids is 1. The molecule has 0 bridgehead atoms. The predicted molar refractivity (Wildman–Crippen MR) is 97.4 cm³/mol. The fourth-order valence-electron chi connectivity index (χ4n) is 7.89. The van der Waals surface area contributed by atoms with Crippen molar-refractivity contribution in [2.75, 3.05) is 13.2 Å². The standard InChI is InChI=1S/C22H32O4/c1-19-8-9-22(25-10-11-26-22)12-14(19)4-5-15-16-6-7-17(23)20(16,2)13-21(3,24)18(15)19/h4,15-16,18,24H,5-13H2,1-3H3. The second-order valence-corrected chi connectivity index (χ2v) is 10.3. The molecular weight excluding hydrogens is 328 g/mol. The molecule has 3 saturated carbocycles. The number of hydrogen-bond acceptors (Lipinski definition) is 4. The van der Waals surface area contributed by atoms with Crippen molar-refractivity contribution in [1.29, 1.82) is 0 Å². The van der Waals surface area contributed by atoms with Gasteiger partial charge in [0.2, 0.25) is 0 Å². The molecule has 4 aliphatic carbocycles.